The van der Waals surface area contributed by atoms with Gasteiger partial charge in [-0.1, -0.05) is 82.1 Å². The molecule has 0 aliphatic heterocycles. The Hall–Kier alpha value is -0.0400. The van der Waals surface area contributed by atoms with Crippen LogP contribution in [0.25, 0.3) is 0 Å². The molecular formula is C24H50O. The van der Waals surface area contributed by atoms with Crippen LogP contribution >= 0.6 is 0 Å². The van der Waals surface area contributed by atoms with Gasteiger partial charge in [0.1, 0.15) is 0 Å². The summed E-state index contributed by atoms with van der Waals surface area (Å²) in [6.45, 7) is 23.5. The molecule has 1 nitrogen and oxygen atoms in total. The molecule has 0 radical (unpaired) electrons. The summed E-state index contributed by atoms with van der Waals surface area (Å²) in [6.07, 6.45) is 10.7. The van der Waals surface area contributed by atoms with Crippen molar-refractivity contribution in [3.05, 3.63) is 0 Å². The summed E-state index contributed by atoms with van der Waals surface area (Å²) < 4.78 is 6.79. The van der Waals surface area contributed by atoms with E-state index in [4.69, 9.17) is 4.74 Å². The molecular weight excluding hydrogens is 304 g/mol. The molecule has 1 heteroatoms. The maximum atomic E-state index is 6.79. The number of rotatable bonds is 12. The molecule has 4 unspecified atom stereocenters. The zero-order valence-electron chi connectivity index (χ0n) is 19.4. The Labute approximate surface area is 160 Å². The van der Waals surface area contributed by atoms with E-state index in [1.54, 1.807) is 0 Å². The van der Waals surface area contributed by atoms with Gasteiger partial charge in [-0.25, -0.2) is 0 Å². The van der Waals surface area contributed by atoms with Gasteiger partial charge in [-0.2, -0.15) is 0 Å². The third kappa shape index (κ3) is 14.8. The molecule has 0 bridgehead atoms. The molecule has 0 aromatic heterocycles. The Morgan fingerprint density at radius 3 is 1.20 bits per heavy atom. The molecule has 0 N–H and O–H groups in total. The molecule has 0 aromatic rings. The van der Waals surface area contributed by atoms with E-state index in [0.29, 0.717) is 23.0 Å². The summed E-state index contributed by atoms with van der Waals surface area (Å²) in [5.41, 5.74) is 0.795. The van der Waals surface area contributed by atoms with E-state index in [0.717, 1.165) is 11.8 Å². The van der Waals surface area contributed by atoms with E-state index >= 15 is 0 Å². The highest BCUT2D eigenvalue weighted by molar-refractivity contribution is 4.74. The summed E-state index contributed by atoms with van der Waals surface area (Å²) in [6, 6.07) is 0. The molecule has 4 atom stereocenters. The van der Waals surface area contributed by atoms with Gasteiger partial charge in [-0.3, -0.25) is 0 Å². The molecule has 152 valence electrons. The van der Waals surface area contributed by atoms with E-state index in [9.17, 15) is 0 Å². The lowest BCUT2D eigenvalue weighted by Crippen LogP contribution is -2.28. The highest BCUT2D eigenvalue weighted by Crippen LogP contribution is 2.30. The molecule has 25 heavy (non-hydrogen) atoms. The van der Waals surface area contributed by atoms with Crippen LogP contribution in [0.2, 0.25) is 0 Å². The lowest BCUT2D eigenvalue weighted by atomic mass is 9.86. The fraction of sp³-hybridized carbons (Fsp3) is 1.00. The van der Waals surface area contributed by atoms with E-state index in [1.165, 1.54) is 51.4 Å². The first-order valence-electron chi connectivity index (χ1n) is 11.0. The van der Waals surface area contributed by atoms with Crippen LogP contribution in [0.3, 0.4) is 0 Å². The van der Waals surface area contributed by atoms with E-state index in [1.807, 2.05) is 0 Å². The summed E-state index contributed by atoms with van der Waals surface area (Å²) >= 11 is 0. The summed E-state index contributed by atoms with van der Waals surface area (Å²) in [7, 11) is 0. The highest BCUT2D eigenvalue weighted by atomic mass is 16.5. The van der Waals surface area contributed by atoms with Crippen molar-refractivity contribution < 1.29 is 4.74 Å². The fourth-order valence-electron chi connectivity index (χ4n) is 3.17. The Balaban J connectivity index is 4.92. The Morgan fingerprint density at radius 2 is 0.960 bits per heavy atom. The summed E-state index contributed by atoms with van der Waals surface area (Å²) in [5.74, 6) is 1.52. The summed E-state index contributed by atoms with van der Waals surface area (Å²) in [5, 5.41) is 0. The minimum atomic E-state index is 0.397. The monoisotopic (exact) mass is 354 g/mol. The van der Waals surface area contributed by atoms with Crippen LogP contribution in [0.1, 0.15) is 121 Å². The second-order valence-corrected chi connectivity index (χ2v) is 11.1. The first-order valence-corrected chi connectivity index (χ1v) is 11.0. The first-order chi connectivity index (χ1) is 11.4. The molecule has 0 spiro atoms. The van der Waals surface area contributed by atoms with Crippen LogP contribution in [-0.4, -0.2) is 12.2 Å². The average Bonchev–Trinajstić information content (AvgIpc) is 2.48. The number of ether oxygens (including phenoxy) is 1. The van der Waals surface area contributed by atoms with E-state index in [2.05, 4.69) is 69.2 Å². The minimum absolute atomic E-state index is 0.397. The third-order valence-electron chi connectivity index (χ3n) is 5.54. The van der Waals surface area contributed by atoms with Gasteiger partial charge in [-0.05, 0) is 61.2 Å². The van der Waals surface area contributed by atoms with Crippen LogP contribution < -0.4 is 0 Å². The van der Waals surface area contributed by atoms with Crippen LogP contribution in [0.15, 0.2) is 0 Å². The van der Waals surface area contributed by atoms with Crippen molar-refractivity contribution in [2.45, 2.75) is 133 Å². The summed E-state index contributed by atoms with van der Waals surface area (Å²) in [4.78, 5) is 0. The van der Waals surface area contributed by atoms with Crippen molar-refractivity contribution in [3.8, 4) is 0 Å². The van der Waals surface area contributed by atoms with Gasteiger partial charge >= 0.3 is 0 Å². The van der Waals surface area contributed by atoms with Gasteiger partial charge in [0.25, 0.3) is 0 Å². The first kappa shape index (κ1) is 25.0. The number of hydrogen-bond acceptors (Lipinski definition) is 1. The normalized spacial score (nSPS) is 18.0. The van der Waals surface area contributed by atoms with Gasteiger partial charge in [0.15, 0.2) is 0 Å². The quantitative estimate of drug-likeness (QED) is 0.342. The smallest absolute Gasteiger partial charge is 0.0581 e. The molecule has 0 amide bonds. The molecule has 0 rings (SSSR count). The van der Waals surface area contributed by atoms with Crippen LogP contribution in [0.5, 0.6) is 0 Å². The molecule has 0 aliphatic carbocycles. The van der Waals surface area contributed by atoms with Crippen LogP contribution in [0, 0.1) is 22.7 Å². The van der Waals surface area contributed by atoms with E-state index in [-0.39, 0.29) is 0 Å². The standard InChI is InChI=1S/C24H50O/c1-11-19(3)17-21(13-15-23(5,6)7)25-22(18-20(4)12-2)14-16-24(8,9)10/h19-22H,11-18H2,1-10H3. The molecule has 0 saturated carbocycles. The van der Waals surface area contributed by atoms with Gasteiger partial charge in [0.05, 0.1) is 12.2 Å². The Morgan fingerprint density at radius 1 is 0.640 bits per heavy atom. The van der Waals surface area contributed by atoms with Crippen molar-refractivity contribution in [1.82, 2.24) is 0 Å². The van der Waals surface area contributed by atoms with Crippen molar-refractivity contribution in [2.75, 3.05) is 0 Å². The second kappa shape index (κ2) is 11.6. The van der Waals surface area contributed by atoms with Crippen molar-refractivity contribution in [3.63, 3.8) is 0 Å². The fourth-order valence-corrected chi connectivity index (χ4v) is 3.17. The van der Waals surface area contributed by atoms with Gasteiger partial charge in [0, 0.05) is 0 Å². The molecule has 0 fully saturated rings. The topological polar surface area (TPSA) is 9.23 Å². The van der Waals surface area contributed by atoms with Crippen molar-refractivity contribution in [2.24, 2.45) is 22.7 Å². The second-order valence-electron chi connectivity index (χ2n) is 11.1. The lowest BCUT2D eigenvalue weighted by Gasteiger charge is -2.31. The predicted molar refractivity (Wildman–Crippen MR) is 114 cm³/mol. The molecule has 0 aromatic carbocycles. The third-order valence-corrected chi connectivity index (χ3v) is 5.54. The van der Waals surface area contributed by atoms with Crippen molar-refractivity contribution >= 4 is 0 Å². The van der Waals surface area contributed by atoms with Crippen LogP contribution in [0.4, 0.5) is 0 Å². The van der Waals surface area contributed by atoms with E-state index < -0.39 is 0 Å². The number of hydrogen-bond donors (Lipinski definition) is 0. The average molecular weight is 355 g/mol. The van der Waals surface area contributed by atoms with Gasteiger partial charge in [-0.15, -0.1) is 0 Å². The molecule has 0 aliphatic rings. The maximum absolute atomic E-state index is 6.79. The Kier molecular flexibility index (Phi) is 11.6. The SMILES string of the molecule is CCC(C)CC(CCC(C)(C)C)OC(CCC(C)(C)C)CC(C)CC. The predicted octanol–water partition coefficient (Wildman–Crippen LogP) is 8.27. The largest absolute Gasteiger partial charge is 0.375 e. The minimum Gasteiger partial charge on any atom is -0.375 e. The zero-order valence-corrected chi connectivity index (χ0v) is 19.4. The molecule has 0 saturated heterocycles. The zero-order chi connectivity index (χ0) is 19.7. The maximum Gasteiger partial charge on any atom is 0.0581 e. The van der Waals surface area contributed by atoms with Crippen LogP contribution in [-0.2, 0) is 4.74 Å². The highest BCUT2D eigenvalue weighted by Gasteiger charge is 2.24. The van der Waals surface area contributed by atoms with Gasteiger partial charge in [0.2, 0.25) is 0 Å². The van der Waals surface area contributed by atoms with Gasteiger partial charge < -0.3 is 4.74 Å². The lowest BCUT2D eigenvalue weighted by molar-refractivity contribution is -0.0484. The Bertz CT molecular complexity index is 288. The van der Waals surface area contributed by atoms with Crippen molar-refractivity contribution in [1.29, 1.82) is 0 Å². The molecule has 0 heterocycles.